The minimum Gasteiger partial charge on any atom is -0.458 e. The fraction of sp³-hybridized carbons (Fsp3) is 0.278. The molecule has 120 heavy (non-hydrogen) atoms. The number of hydrogen-bond acceptors (Lipinski definition) is 9. The van der Waals surface area contributed by atoms with Crippen molar-refractivity contribution in [1.29, 1.82) is 0 Å². The van der Waals surface area contributed by atoms with Crippen molar-refractivity contribution in [1.82, 2.24) is 0 Å². The summed E-state index contributed by atoms with van der Waals surface area (Å²) in [6.07, 6.45) is 22.7. The Kier molecular flexibility index (Phi) is 14.3. The first kappa shape index (κ1) is 68.1. The Balaban J connectivity index is 0.739. The molecule has 9 nitrogen and oxygen atoms in total. The van der Waals surface area contributed by atoms with E-state index in [-0.39, 0.29) is 36.8 Å². The smallest absolute Gasteiger partial charge is 0.256 e. The van der Waals surface area contributed by atoms with Crippen LogP contribution in [-0.4, -0.2) is 36.8 Å². The van der Waals surface area contributed by atoms with Crippen LogP contribution in [0.5, 0.6) is 34.5 Å². The van der Waals surface area contributed by atoms with Gasteiger partial charge in [-0.05, 0) is 327 Å². The Morgan fingerprint density at radius 2 is 0.450 bits per heavy atom. The second kappa shape index (κ2) is 25.2. The number of para-hydroxylation sites is 8. The third kappa shape index (κ3) is 9.88. The van der Waals surface area contributed by atoms with Gasteiger partial charge in [0.05, 0.1) is 17.1 Å². The number of hydrogen-bond donors (Lipinski definition) is 0. The second-order valence-electron chi connectivity index (χ2n) is 39.7. The van der Waals surface area contributed by atoms with Crippen LogP contribution in [0.25, 0.3) is 0 Å². The first-order chi connectivity index (χ1) is 59.2. The van der Waals surface area contributed by atoms with Crippen molar-refractivity contribution in [2.75, 3.05) is 29.4 Å². The molecular formula is C108H93B3N6O3. The van der Waals surface area contributed by atoms with Crippen LogP contribution in [0.2, 0.25) is 0 Å². The zero-order chi connectivity index (χ0) is 78.0. The molecule has 0 N–H and O–H groups in total. The van der Waals surface area contributed by atoms with Crippen molar-refractivity contribution in [3.63, 3.8) is 0 Å². The predicted octanol–water partition coefficient (Wildman–Crippen LogP) is 21.2. The molecule has 0 radical (unpaired) electrons. The van der Waals surface area contributed by atoms with E-state index in [2.05, 4.69) is 321 Å². The Morgan fingerprint density at radius 3 is 0.742 bits per heavy atom. The Hall–Kier alpha value is -11.7. The topological polar surface area (TPSA) is 47.1 Å². The molecule has 13 aromatic rings. The maximum Gasteiger partial charge on any atom is 0.256 e. The van der Waals surface area contributed by atoms with Crippen molar-refractivity contribution >= 4 is 155 Å². The van der Waals surface area contributed by atoms with Crippen LogP contribution in [0, 0.1) is 53.3 Å². The van der Waals surface area contributed by atoms with Crippen LogP contribution in [0.15, 0.2) is 291 Å². The van der Waals surface area contributed by atoms with Gasteiger partial charge in [-0.1, -0.05) is 158 Å². The van der Waals surface area contributed by atoms with Crippen molar-refractivity contribution in [3.8, 4) is 34.5 Å². The molecule has 6 aliphatic heterocycles. The van der Waals surface area contributed by atoms with Crippen molar-refractivity contribution in [2.24, 2.45) is 53.3 Å². The number of anilines is 15. The maximum absolute atomic E-state index is 8.42. The van der Waals surface area contributed by atoms with Gasteiger partial charge in [0.1, 0.15) is 34.5 Å². The second-order valence-corrected chi connectivity index (χ2v) is 39.7. The van der Waals surface area contributed by atoms with Gasteiger partial charge in [-0.15, -0.1) is 0 Å². The average Bonchev–Trinajstić information content (AvgIpc) is 0.664. The summed E-state index contributed by atoms with van der Waals surface area (Å²) in [5, 5.41) is 0. The van der Waals surface area contributed by atoms with E-state index in [4.69, 9.17) is 14.2 Å². The molecule has 0 unspecified atom stereocenters. The maximum atomic E-state index is 8.42. The molecule has 13 aromatic carbocycles. The SMILES string of the molecule is c1ccc(N(c2ccccc2)c2cc3c4c(c2)N(C25CC6CC(CC(C6)C2)C5)c2cc5c(cc2B4c2ccccc2O3)B2c3cc4c(cc3N(C36CC7CC(CC(C7)C3)C6)c3cc(N(c6ccccc6)c6ccccc6)cc(c32)O5)N(C23CC5CC(CC(C5)C2)C3)c2cc(N(c3ccccc3)c3ccccc3)cc3c2B4c2ccccc2O3)cc1. The van der Waals surface area contributed by atoms with Gasteiger partial charge in [-0.25, -0.2) is 0 Å². The molecule has 12 saturated carbocycles. The van der Waals surface area contributed by atoms with Gasteiger partial charge in [0.2, 0.25) is 0 Å². The highest BCUT2D eigenvalue weighted by molar-refractivity contribution is 7.03. The molecule has 12 aliphatic carbocycles. The summed E-state index contributed by atoms with van der Waals surface area (Å²) in [6.45, 7) is -0.492. The van der Waals surface area contributed by atoms with E-state index in [0.29, 0.717) is 53.3 Å². The highest BCUT2D eigenvalue weighted by Crippen LogP contribution is 2.66. The Labute approximate surface area is 704 Å². The summed E-state index contributed by atoms with van der Waals surface area (Å²) < 4.78 is 23.7. The molecule has 12 fully saturated rings. The fourth-order valence-electron chi connectivity index (χ4n) is 29.8. The van der Waals surface area contributed by atoms with E-state index >= 15 is 0 Å². The molecule has 0 amide bonds. The Bertz CT molecular complexity index is 6200. The number of nitrogens with zero attached hydrogens (tertiary/aromatic N) is 6. The van der Waals surface area contributed by atoms with Crippen LogP contribution in [0.1, 0.15) is 116 Å². The van der Waals surface area contributed by atoms with Gasteiger partial charge in [0.25, 0.3) is 20.1 Å². The summed E-state index contributed by atoms with van der Waals surface area (Å²) >= 11 is 0. The minimum atomic E-state index is -0.223. The standard InChI is InChI=1S/C108H93B3N6O3/c1-7-23-76(24-8-1)112(77-25-9-2-10-26-77)82-48-94-103-100(51-82)118-97-37-21-19-35-85(97)109(103)87-54-88-92(56-91(87)115(94)106-58-67-39-68(59-106)41-69(40-67)60-106)116(107-61-70-42-71(62-107)44-72(43-70)63-107)96-50-84(114(80-31-15-5-16-32-80)81-33-17-6-18-34-81)53-102-105(96)111(88)90-55-89-93(57-99(90)120-102)117(108-64-73-45-74(65-108)47-75(46-73)66-108)95-49-83(52-101-104(95)110(89)86-36-20-22-38-98(86)119-101)113(78-27-11-3-12-28-78)79-29-13-4-14-30-79/h1-38,48-57,67-75H,39-47,58-66H2. The predicted molar refractivity (Wildman–Crippen MR) is 492 cm³/mol. The zero-order valence-electron chi connectivity index (χ0n) is 67.8. The molecule has 31 rings (SSSR count). The number of ether oxygens (including phenoxy) is 3. The third-order valence-corrected chi connectivity index (χ3v) is 32.6. The van der Waals surface area contributed by atoms with E-state index < -0.39 is 0 Å². The molecule has 0 atom stereocenters. The van der Waals surface area contributed by atoms with Crippen LogP contribution in [0.3, 0.4) is 0 Å². The summed E-state index contributed by atoms with van der Waals surface area (Å²) in [6, 6.07) is 111. The van der Waals surface area contributed by atoms with Crippen molar-refractivity contribution < 1.29 is 14.2 Å². The van der Waals surface area contributed by atoms with Gasteiger partial charge in [-0.2, -0.15) is 0 Å². The van der Waals surface area contributed by atoms with Crippen LogP contribution < -0.4 is 92.8 Å². The molecule has 0 aromatic heterocycles. The molecule has 0 saturated heterocycles. The van der Waals surface area contributed by atoms with Gasteiger partial charge < -0.3 is 43.6 Å². The quantitative estimate of drug-likeness (QED) is 0.111. The highest BCUT2D eigenvalue weighted by Gasteiger charge is 2.63. The average molecular weight is 1560 g/mol. The normalized spacial score (nSPS) is 26.9. The first-order valence-corrected chi connectivity index (χ1v) is 45.4. The van der Waals surface area contributed by atoms with Gasteiger partial charge >= 0.3 is 0 Å². The molecule has 582 valence electrons. The minimum absolute atomic E-state index is 0.120. The van der Waals surface area contributed by atoms with Crippen molar-refractivity contribution in [2.45, 2.75) is 132 Å². The van der Waals surface area contributed by atoms with Gasteiger partial charge in [-0.3, -0.25) is 0 Å². The first-order valence-electron chi connectivity index (χ1n) is 45.4. The molecule has 0 spiro atoms. The summed E-state index contributed by atoms with van der Waals surface area (Å²) in [5.74, 6) is 11.8. The molecule has 18 aliphatic rings. The molecule has 12 heteroatoms. The summed E-state index contributed by atoms with van der Waals surface area (Å²) in [5.41, 5.74) is 29.4. The lowest BCUT2D eigenvalue weighted by atomic mass is 9.29. The van der Waals surface area contributed by atoms with E-state index in [1.165, 1.54) is 199 Å². The molecular weight excluding hydrogens is 1460 g/mol. The molecule has 12 bridgehead atoms. The van der Waals surface area contributed by atoms with E-state index in [1.807, 2.05) is 0 Å². The van der Waals surface area contributed by atoms with E-state index in [0.717, 1.165) is 85.7 Å². The fourth-order valence-corrected chi connectivity index (χ4v) is 29.8. The summed E-state index contributed by atoms with van der Waals surface area (Å²) in [7, 11) is 0. The molecule has 6 heterocycles. The Morgan fingerprint density at radius 1 is 0.208 bits per heavy atom. The van der Waals surface area contributed by atoms with Crippen LogP contribution >= 0.6 is 0 Å². The zero-order valence-corrected chi connectivity index (χ0v) is 67.8. The third-order valence-electron chi connectivity index (χ3n) is 32.6. The monoisotopic (exact) mass is 1550 g/mol. The van der Waals surface area contributed by atoms with Gasteiger partial charge in [0.15, 0.2) is 0 Å². The number of fused-ring (bicyclic) bond motifs is 12. The van der Waals surface area contributed by atoms with Crippen molar-refractivity contribution in [3.05, 3.63) is 291 Å². The number of rotatable bonds is 12. The lowest BCUT2D eigenvalue weighted by Gasteiger charge is -2.63. The number of benzene rings is 13. The van der Waals surface area contributed by atoms with E-state index in [9.17, 15) is 0 Å². The highest BCUT2D eigenvalue weighted by atomic mass is 16.5. The van der Waals surface area contributed by atoms with Crippen LogP contribution in [0.4, 0.5) is 85.3 Å². The summed E-state index contributed by atoms with van der Waals surface area (Å²) in [4.78, 5) is 16.7. The van der Waals surface area contributed by atoms with E-state index in [1.54, 1.807) is 0 Å². The van der Waals surface area contributed by atoms with Gasteiger partial charge in [0, 0.05) is 109 Å². The lowest BCUT2D eigenvalue weighted by Crippen LogP contribution is -2.70. The largest absolute Gasteiger partial charge is 0.458 e. The van der Waals surface area contributed by atoms with Crippen LogP contribution in [-0.2, 0) is 0 Å². The lowest BCUT2D eigenvalue weighted by molar-refractivity contribution is 0.000252.